The molecular weight excluding hydrogens is 1140 g/mol. The van der Waals surface area contributed by atoms with Crippen LogP contribution < -0.4 is 200 Å². The summed E-state index contributed by atoms with van der Waals surface area (Å²) in [6.45, 7) is 0. The minimum Gasteiger partial charge on any atom is -0.744 e. The number of benzene rings is 4. The third-order valence-corrected chi connectivity index (χ3v) is 14.4. The van der Waals surface area contributed by atoms with Crippen molar-refractivity contribution in [3.05, 3.63) is 94.1 Å². The van der Waals surface area contributed by atoms with Crippen LogP contribution in [0.3, 0.4) is 0 Å². The molecule has 4 aromatic carbocycles. The van der Waals surface area contributed by atoms with Gasteiger partial charge in [0.1, 0.15) is 72.1 Å². The number of fused-ring (bicyclic) bond motifs is 2. The molecule has 0 amide bonds. The Morgan fingerprint density at radius 1 is 0.403 bits per heavy atom. The van der Waals surface area contributed by atoms with E-state index in [1.807, 2.05) is 0 Å². The van der Waals surface area contributed by atoms with Gasteiger partial charge in [0.15, 0.2) is 0 Å². The Bertz CT molecular complexity index is 3530. The molecule has 0 aliphatic heterocycles. The second-order valence-electron chi connectivity index (χ2n) is 13.3. The Labute approximate surface area is 542 Å². The van der Waals surface area contributed by atoms with Crippen LogP contribution >= 0.6 is 0 Å². The van der Waals surface area contributed by atoms with Gasteiger partial charge in [-0.05, 0) is 59.7 Å². The van der Waals surface area contributed by atoms with Gasteiger partial charge in [0.2, 0.25) is 11.6 Å². The van der Waals surface area contributed by atoms with E-state index in [1.165, 1.54) is 0 Å². The number of nitrogen functional groups attached to an aromatic ring is 2. The van der Waals surface area contributed by atoms with Crippen LogP contribution in [0.15, 0.2) is 100 Å². The van der Waals surface area contributed by atoms with Gasteiger partial charge in [-0.3, -0.25) is 20.4 Å². The summed E-state index contributed by atoms with van der Waals surface area (Å²) in [6, 6.07) is 5.90. The van der Waals surface area contributed by atoms with E-state index < -0.39 is 158 Å². The van der Waals surface area contributed by atoms with Gasteiger partial charge < -0.3 is 38.8 Å². The third kappa shape index (κ3) is 16.0. The Morgan fingerprint density at radius 3 is 0.944 bits per heavy atom. The van der Waals surface area contributed by atoms with E-state index in [4.69, 9.17) is 11.5 Å². The van der Waals surface area contributed by atoms with Crippen LogP contribution in [-0.4, -0.2) is 101 Å². The standard InChI is InChI=1S/C34H26N6O20S6.6Na/c35-31-27(65(55,56)57)13-25(63(49,50)51)19-7-9-21(33(41)29(19)31)39-37-17-5-3-15(23(11-17)61(43,44)45)1-2-16-4-6-18(12-24(16)62(46,47)48)38-40-22-10-8-20-26(64(52,53)54)14-28(66(58,59)60)32(36)30(20)34(22)42;;;;;;/h1-14,37-38H,35-36H2,(H,43,44,45)(H,46,47,48)(H,49,50,51)(H,52,53,54)(H,55,56,57)(H,58,59,60);;;;;;/q;6*+1/p-6. The van der Waals surface area contributed by atoms with E-state index >= 15 is 0 Å². The van der Waals surface area contributed by atoms with Crippen molar-refractivity contribution in [2.75, 3.05) is 22.3 Å². The van der Waals surface area contributed by atoms with Crippen LogP contribution in [0.5, 0.6) is 0 Å². The van der Waals surface area contributed by atoms with Crippen LogP contribution in [0.25, 0.3) is 24.3 Å². The van der Waals surface area contributed by atoms with Crippen molar-refractivity contribution in [2.24, 2.45) is 10.2 Å². The Balaban J connectivity index is 0.00000840. The Morgan fingerprint density at radius 2 is 0.681 bits per heavy atom. The monoisotopic (exact) mass is 1160 g/mol. The summed E-state index contributed by atoms with van der Waals surface area (Å²) in [5.74, 6) is -2.61. The molecular formula is C34H20N6Na6O20S6. The van der Waals surface area contributed by atoms with E-state index in [0.29, 0.717) is 12.1 Å². The van der Waals surface area contributed by atoms with Crippen LogP contribution in [0.2, 0.25) is 0 Å². The third-order valence-electron chi connectivity index (χ3n) is 9.10. The predicted octanol–water partition coefficient (Wildman–Crippen LogP) is -18.2. The van der Waals surface area contributed by atoms with E-state index in [2.05, 4.69) is 21.1 Å². The van der Waals surface area contributed by atoms with Crippen LogP contribution in [-0.2, 0) is 60.7 Å². The predicted molar refractivity (Wildman–Crippen MR) is 220 cm³/mol. The number of Topliss-reactive ketones (excluding diaryl/α,β-unsaturated/α-hetero) is 2. The molecule has 4 aromatic rings. The molecule has 26 nitrogen and oxygen atoms in total. The molecule has 0 heterocycles. The van der Waals surface area contributed by atoms with Crippen molar-refractivity contribution in [3.63, 3.8) is 0 Å². The molecule has 348 valence electrons. The summed E-state index contributed by atoms with van der Waals surface area (Å²) in [5.41, 5.74) is 7.98. The van der Waals surface area contributed by atoms with Gasteiger partial charge in [-0.15, -0.1) is 0 Å². The van der Waals surface area contributed by atoms with E-state index in [9.17, 15) is 87.4 Å². The topological polar surface area (TPSA) is 478 Å². The molecule has 0 aromatic heterocycles. The fourth-order valence-corrected chi connectivity index (χ4v) is 10.4. The summed E-state index contributed by atoms with van der Waals surface area (Å²) in [7, 11) is -32.9. The minimum absolute atomic E-state index is 0. The van der Waals surface area contributed by atoms with Gasteiger partial charge in [-0.25, -0.2) is 50.5 Å². The smallest absolute Gasteiger partial charge is 0.744 e. The zero-order chi connectivity index (χ0) is 49.3. The summed E-state index contributed by atoms with van der Waals surface area (Å²) < 4.78 is 216. The fourth-order valence-electron chi connectivity index (χ4n) is 6.23. The first kappa shape index (κ1) is 71.4. The van der Waals surface area contributed by atoms with Crippen molar-refractivity contribution in [2.45, 2.75) is 29.4 Å². The summed E-state index contributed by atoms with van der Waals surface area (Å²) in [5, 5.41) is 7.46. The fraction of sp³-hybridized carbons (Fsp3) is 0. The molecule has 0 unspecified atom stereocenters. The number of ketones is 2. The van der Waals surface area contributed by atoms with Crippen molar-refractivity contribution >= 4 is 131 Å². The summed E-state index contributed by atoms with van der Waals surface area (Å²) in [6.07, 6.45) is 5.17. The van der Waals surface area contributed by atoms with Gasteiger partial charge in [0.05, 0.1) is 63.2 Å². The molecule has 6 rings (SSSR count). The van der Waals surface area contributed by atoms with Gasteiger partial charge in [-0.2, -0.15) is 10.2 Å². The SMILES string of the molecule is Nc1c(S(=O)(=O)[O-])cc(S(=O)(=O)[O-])c2c1C(=O)C(=NNc1ccc(C=Cc3ccc(NN=C4C=Cc5c(S(=O)(=O)[O-])cc(S(=O)(=O)[O-])c(N)c5C4=O)cc3S(=O)(=O)[O-])c(S(=O)(=O)[O-])c1)C=C2.[Na+].[Na+].[Na+].[Na+].[Na+].[Na+]. The van der Waals surface area contributed by atoms with Crippen molar-refractivity contribution < 1.29 is 265 Å². The molecule has 38 heteroatoms. The molecule has 0 spiro atoms. The molecule has 0 bridgehead atoms. The van der Waals surface area contributed by atoms with Crippen molar-refractivity contribution in [1.82, 2.24) is 0 Å². The first-order valence-electron chi connectivity index (χ1n) is 17.0. The normalized spacial score (nSPS) is 14.6. The number of hydrogen-bond donors (Lipinski definition) is 4. The van der Waals surface area contributed by atoms with Gasteiger partial charge in [0.25, 0.3) is 0 Å². The Hall–Kier alpha value is -0.560. The second-order valence-corrected chi connectivity index (χ2v) is 21.3. The summed E-state index contributed by atoms with van der Waals surface area (Å²) in [4.78, 5) is 19.3. The van der Waals surface area contributed by atoms with Crippen molar-refractivity contribution in [3.8, 4) is 0 Å². The van der Waals surface area contributed by atoms with Crippen LogP contribution in [0.4, 0.5) is 22.7 Å². The summed E-state index contributed by atoms with van der Waals surface area (Å²) >= 11 is 0. The molecule has 2 aliphatic carbocycles. The molecule has 0 fully saturated rings. The average Bonchev–Trinajstić information content (AvgIpc) is 3.17. The maximum Gasteiger partial charge on any atom is 1.00 e. The maximum absolute atomic E-state index is 13.3. The van der Waals surface area contributed by atoms with Gasteiger partial charge >= 0.3 is 177 Å². The van der Waals surface area contributed by atoms with Gasteiger partial charge in [0, 0.05) is 11.1 Å². The van der Waals surface area contributed by atoms with Gasteiger partial charge in [-0.1, -0.05) is 36.4 Å². The zero-order valence-corrected chi connectivity index (χ0v) is 54.6. The molecule has 0 atom stereocenters. The number of hydrazone groups is 2. The second kappa shape index (κ2) is 26.4. The number of carbonyl (C=O) groups is 2. The molecule has 0 radical (unpaired) electrons. The zero-order valence-electron chi connectivity index (χ0n) is 37.7. The molecule has 72 heavy (non-hydrogen) atoms. The number of nitrogens with one attached hydrogen (secondary N) is 2. The number of carbonyl (C=O) groups excluding carboxylic acids is 2. The molecule has 2 aliphatic rings. The largest absolute Gasteiger partial charge is 1.00 e. The first-order chi connectivity index (χ1) is 30.2. The molecule has 0 saturated heterocycles. The number of rotatable bonds is 12. The number of anilines is 4. The van der Waals surface area contributed by atoms with Crippen molar-refractivity contribution in [1.29, 1.82) is 0 Å². The quantitative estimate of drug-likeness (QED) is 0.0336. The average molecular weight is 1160 g/mol. The van der Waals surface area contributed by atoms with E-state index in [1.54, 1.807) is 0 Å². The van der Waals surface area contributed by atoms with Crippen LogP contribution in [0, 0.1) is 0 Å². The first-order valence-corrected chi connectivity index (χ1v) is 25.4. The minimum atomic E-state index is -5.54. The van der Waals surface area contributed by atoms with Crippen LogP contribution in [0.1, 0.15) is 43.0 Å². The number of allylic oxidation sites excluding steroid dienone is 2. The maximum atomic E-state index is 13.3. The number of hydrogen-bond acceptors (Lipinski definition) is 26. The molecule has 6 N–H and O–H groups in total. The number of nitrogens with two attached hydrogens (primary N) is 2. The Kier molecular flexibility index (Phi) is 26.2. The number of nitrogens with zero attached hydrogens (tertiary/aromatic N) is 2. The molecule has 0 saturated carbocycles. The van der Waals surface area contributed by atoms with E-state index in [0.717, 1.165) is 60.7 Å². The van der Waals surface area contributed by atoms with E-state index in [-0.39, 0.29) is 201 Å².